The Labute approximate surface area is 228 Å². The van der Waals surface area contributed by atoms with Gasteiger partial charge in [-0.05, 0) is 60.4 Å². The average molecular weight is 537 g/mol. The Balaban J connectivity index is 1.77. The molecule has 0 bridgehead atoms. The van der Waals surface area contributed by atoms with Crippen LogP contribution in [0.1, 0.15) is 53.6 Å². The largest absolute Gasteiger partial charge is 0.497 e. The van der Waals surface area contributed by atoms with Crippen LogP contribution in [0, 0.1) is 11.3 Å². The van der Waals surface area contributed by atoms with Crippen molar-refractivity contribution in [3.63, 3.8) is 0 Å². The van der Waals surface area contributed by atoms with Gasteiger partial charge in [0.25, 0.3) is 5.91 Å². The number of aliphatic imine (C=N–C) groups is 1. The number of methoxy groups -OCH3 is 4. The highest BCUT2D eigenvalue weighted by Gasteiger charge is 2.34. The number of hydrogen-bond acceptors (Lipinski definition) is 7. The van der Waals surface area contributed by atoms with Crippen molar-refractivity contribution in [3.05, 3.63) is 58.0 Å². The summed E-state index contributed by atoms with van der Waals surface area (Å²) >= 11 is 1.59. The minimum absolute atomic E-state index is 0.190. The first-order chi connectivity index (χ1) is 18.2. The summed E-state index contributed by atoms with van der Waals surface area (Å²) in [5.74, 6) is 2.73. The van der Waals surface area contributed by atoms with Gasteiger partial charge in [-0.25, -0.2) is 4.99 Å². The number of anilines is 1. The van der Waals surface area contributed by atoms with Crippen LogP contribution in [-0.2, 0) is 12.8 Å². The smallest absolute Gasteiger partial charge is 0.259 e. The molecule has 1 aliphatic carbocycles. The van der Waals surface area contributed by atoms with E-state index in [-0.39, 0.29) is 11.3 Å². The molecule has 0 spiro atoms. The molecular weight excluding hydrogens is 500 g/mol. The van der Waals surface area contributed by atoms with E-state index in [1.165, 1.54) is 4.88 Å². The van der Waals surface area contributed by atoms with Crippen LogP contribution in [0.2, 0.25) is 0 Å². The third-order valence-corrected chi connectivity index (χ3v) is 8.27. The number of thiophene rings is 1. The molecule has 1 amide bonds. The second-order valence-corrected chi connectivity index (χ2v) is 11.4. The fourth-order valence-corrected chi connectivity index (χ4v) is 6.14. The fraction of sp³-hybridized carbons (Fsp3) is 0.400. The van der Waals surface area contributed by atoms with Gasteiger partial charge in [0, 0.05) is 22.7 Å². The van der Waals surface area contributed by atoms with Gasteiger partial charge in [0.15, 0.2) is 11.5 Å². The normalized spacial score (nSPS) is 15.2. The van der Waals surface area contributed by atoms with Gasteiger partial charge in [-0.15, -0.1) is 11.3 Å². The van der Waals surface area contributed by atoms with E-state index in [0.29, 0.717) is 45.2 Å². The number of carbonyl (C=O) groups excluding carboxylic acids is 1. The van der Waals surface area contributed by atoms with Crippen LogP contribution < -0.4 is 24.3 Å². The number of ether oxygens (including phenoxy) is 4. The lowest BCUT2D eigenvalue weighted by atomic mass is 9.72. The molecule has 8 heteroatoms. The predicted octanol–water partition coefficient (Wildman–Crippen LogP) is 6.94. The molecule has 1 heterocycles. The van der Waals surface area contributed by atoms with E-state index >= 15 is 0 Å². The average Bonchev–Trinajstić information content (AvgIpc) is 3.28. The molecule has 4 rings (SSSR count). The number of nitrogens with zero attached hydrogens (tertiary/aromatic N) is 1. The Morgan fingerprint density at radius 2 is 1.79 bits per heavy atom. The number of fused-ring (bicyclic) bond motifs is 1. The van der Waals surface area contributed by atoms with E-state index in [0.717, 1.165) is 30.4 Å². The summed E-state index contributed by atoms with van der Waals surface area (Å²) in [7, 11) is 6.38. The maximum absolute atomic E-state index is 13.8. The molecule has 0 aliphatic heterocycles. The molecular formula is C30H36N2O5S. The molecule has 38 heavy (non-hydrogen) atoms. The Bertz CT molecular complexity index is 1340. The summed E-state index contributed by atoms with van der Waals surface area (Å²) in [6.45, 7) is 6.85. The van der Waals surface area contributed by atoms with E-state index in [9.17, 15) is 4.79 Å². The first-order valence-electron chi connectivity index (χ1n) is 12.6. The number of nitrogens with one attached hydrogen (secondary N) is 1. The first-order valence-corrected chi connectivity index (χ1v) is 13.4. The number of amides is 1. The Morgan fingerprint density at radius 3 is 2.45 bits per heavy atom. The van der Waals surface area contributed by atoms with Crippen LogP contribution >= 0.6 is 11.3 Å². The van der Waals surface area contributed by atoms with E-state index in [4.69, 9.17) is 23.9 Å². The predicted molar refractivity (Wildman–Crippen MR) is 154 cm³/mol. The molecule has 1 unspecified atom stereocenters. The van der Waals surface area contributed by atoms with Gasteiger partial charge in [-0.3, -0.25) is 4.79 Å². The Morgan fingerprint density at radius 1 is 1.03 bits per heavy atom. The van der Waals surface area contributed by atoms with Gasteiger partial charge in [0.2, 0.25) is 0 Å². The molecule has 0 radical (unpaired) electrons. The first kappa shape index (κ1) is 27.5. The molecule has 0 saturated heterocycles. The van der Waals surface area contributed by atoms with Crippen LogP contribution in [0.25, 0.3) is 0 Å². The van der Waals surface area contributed by atoms with Crippen molar-refractivity contribution in [2.24, 2.45) is 16.3 Å². The third kappa shape index (κ3) is 5.65. The zero-order chi connectivity index (χ0) is 27.4. The van der Waals surface area contributed by atoms with Crippen molar-refractivity contribution in [2.45, 2.75) is 40.0 Å². The van der Waals surface area contributed by atoms with Gasteiger partial charge < -0.3 is 24.3 Å². The maximum Gasteiger partial charge on any atom is 0.259 e. The zero-order valence-corrected chi connectivity index (χ0v) is 24.0. The Kier molecular flexibility index (Phi) is 8.31. The summed E-state index contributed by atoms with van der Waals surface area (Å²) < 4.78 is 21.9. The quantitative estimate of drug-likeness (QED) is 0.316. The highest BCUT2D eigenvalue weighted by molar-refractivity contribution is 7.16. The summed E-state index contributed by atoms with van der Waals surface area (Å²) in [5, 5.41) is 3.73. The molecule has 7 nitrogen and oxygen atoms in total. The minimum Gasteiger partial charge on any atom is -0.497 e. The molecule has 3 aromatic rings. The fourth-order valence-electron chi connectivity index (χ4n) is 4.87. The van der Waals surface area contributed by atoms with Crippen molar-refractivity contribution in [1.29, 1.82) is 0 Å². The van der Waals surface area contributed by atoms with Crippen molar-refractivity contribution in [1.82, 2.24) is 0 Å². The molecule has 1 aliphatic rings. The lowest BCUT2D eigenvalue weighted by Crippen LogP contribution is -2.27. The monoisotopic (exact) mass is 536 g/mol. The summed E-state index contributed by atoms with van der Waals surface area (Å²) in [6.07, 6.45) is 4.54. The van der Waals surface area contributed by atoms with Crippen molar-refractivity contribution in [3.8, 4) is 23.0 Å². The molecule has 0 saturated carbocycles. The topological polar surface area (TPSA) is 78.4 Å². The number of hydrogen-bond donors (Lipinski definition) is 1. The Hall–Kier alpha value is -3.52. The van der Waals surface area contributed by atoms with Crippen LogP contribution in [0.5, 0.6) is 23.0 Å². The second kappa shape index (κ2) is 11.5. The zero-order valence-electron chi connectivity index (χ0n) is 23.1. The third-order valence-electron chi connectivity index (χ3n) is 7.11. The molecule has 202 valence electrons. The van der Waals surface area contributed by atoms with Gasteiger partial charge in [-0.1, -0.05) is 26.8 Å². The van der Waals surface area contributed by atoms with E-state index in [2.05, 4.69) is 26.1 Å². The highest BCUT2D eigenvalue weighted by Crippen LogP contribution is 2.46. The molecule has 0 fully saturated rings. The maximum atomic E-state index is 13.8. The SMILES string of the molecule is COc1ccc(OC)c(NC(=O)c2c(N=Cc3cccc(OC)c3OC)sc3c2CCC(C(C)(C)C)C3)c1. The van der Waals surface area contributed by atoms with Crippen LogP contribution in [0.4, 0.5) is 10.7 Å². The van der Waals surface area contributed by atoms with Gasteiger partial charge in [-0.2, -0.15) is 0 Å². The van der Waals surface area contributed by atoms with E-state index in [1.807, 2.05) is 18.2 Å². The number of rotatable bonds is 8. The number of para-hydroxylation sites is 1. The van der Waals surface area contributed by atoms with Gasteiger partial charge >= 0.3 is 0 Å². The summed E-state index contributed by atoms with van der Waals surface area (Å²) in [6, 6.07) is 11.0. The van der Waals surface area contributed by atoms with Crippen LogP contribution in [-0.4, -0.2) is 40.6 Å². The summed E-state index contributed by atoms with van der Waals surface area (Å²) in [5.41, 5.74) is 3.20. The van der Waals surface area contributed by atoms with E-state index < -0.39 is 0 Å². The highest BCUT2D eigenvalue weighted by atomic mass is 32.1. The molecule has 2 aromatic carbocycles. The number of benzene rings is 2. The van der Waals surface area contributed by atoms with Crippen LogP contribution in [0.3, 0.4) is 0 Å². The van der Waals surface area contributed by atoms with Gasteiger partial charge in [0.1, 0.15) is 16.5 Å². The van der Waals surface area contributed by atoms with Crippen molar-refractivity contribution in [2.75, 3.05) is 33.8 Å². The number of carbonyl (C=O) groups is 1. The van der Waals surface area contributed by atoms with Crippen molar-refractivity contribution >= 4 is 34.1 Å². The minimum atomic E-state index is -0.215. The molecule has 1 N–H and O–H groups in total. The standard InChI is InChI=1S/C30H36N2O5S/c1-30(2,3)19-11-13-21-25(15-19)38-29(31-17-18-9-8-10-24(36-6)27(18)37-7)26(21)28(33)32-22-16-20(34-4)12-14-23(22)35-5/h8-10,12,14,16-17,19H,11,13,15H2,1-7H3,(H,32,33). The van der Waals surface area contributed by atoms with Crippen molar-refractivity contribution < 1.29 is 23.7 Å². The molecule has 1 atom stereocenters. The summed E-state index contributed by atoms with van der Waals surface area (Å²) in [4.78, 5) is 19.9. The second-order valence-electron chi connectivity index (χ2n) is 10.4. The van der Waals surface area contributed by atoms with Gasteiger partial charge in [0.05, 0.1) is 39.7 Å². The van der Waals surface area contributed by atoms with Crippen LogP contribution in [0.15, 0.2) is 41.4 Å². The lowest BCUT2D eigenvalue weighted by Gasteiger charge is -2.33. The van der Waals surface area contributed by atoms with E-state index in [1.54, 1.807) is 64.2 Å². The molecule has 1 aromatic heterocycles. The lowest BCUT2D eigenvalue weighted by molar-refractivity contribution is 0.102.